The van der Waals surface area contributed by atoms with Crippen LogP contribution in [-0.2, 0) is 11.4 Å². The number of nitrogens with one attached hydrogen (secondary N) is 1. The smallest absolute Gasteiger partial charge is 0.234 e. The molecular weight excluding hydrogens is 434 g/mol. The van der Waals surface area contributed by atoms with Gasteiger partial charge in [-0.25, -0.2) is 0 Å². The lowest BCUT2D eigenvalue weighted by molar-refractivity contribution is -0.121. The van der Waals surface area contributed by atoms with E-state index in [1.165, 1.54) is 11.8 Å². The van der Waals surface area contributed by atoms with Crippen molar-refractivity contribution in [2.75, 3.05) is 0 Å². The Labute approximate surface area is 199 Å². The Bertz CT molecular complexity index is 1140. The highest BCUT2D eigenvalue weighted by Gasteiger charge is 2.32. The number of benzene rings is 2. The number of amides is 1. The molecule has 1 amide bonds. The number of para-hydroxylation sites is 2. The van der Waals surface area contributed by atoms with Crippen LogP contribution in [0.15, 0.2) is 59.8 Å². The fourth-order valence-corrected chi connectivity index (χ4v) is 3.92. The Morgan fingerprint density at radius 3 is 2.45 bits per heavy atom. The molecule has 3 rings (SSSR count). The van der Waals surface area contributed by atoms with Gasteiger partial charge in [-0.1, -0.05) is 62.0 Å². The van der Waals surface area contributed by atoms with Crippen molar-refractivity contribution in [2.24, 2.45) is 5.92 Å². The molecule has 1 aromatic heterocycles. The molecule has 33 heavy (non-hydrogen) atoms. The van der Waals surface area contributed by atoms with E-state index in [9.17, 15) is 10.1 Å². The molecule has 2 aromatic carbocycles. The average molecular weight is 464 g/mol. The summed E-state index contributed by atoms with van der Waals surface area (Å²) in [6.07, 6.45) is 0. The molecule has 0 aliphatic heterocycles. The lowest BCUT2D eigenvalue weighted by Crippen LogP contribution is -2.51. The lowest BCUT2D eigenvalue weighted by Gasteiger charge is -2.28. The second-order valence-electron chi connectivity index (χ2n) is 8.34. The quantitative estimate of drug-likeness (QED) is 0.463. The molecule has 7 nitrogen and oxygen atoms in total. The molecule has 3 aromatic rings. The first-order chi connectivity index (χ1) is 15.7. The number of nitriles is 1. The monoisotopic (exact) mass is 463 g/mol. The Morgan fingerprint density at radius 1 is 1.15 bits per heavy atom. The molecule has 1 N–H and O–H groups in total. The third-order valence-electron chi connectivity index (χ3n) is 5.59. The summed E-state index contributed by atoms with van der Waals surface area (Å²) in [6, 6.07) is 19.7. The molecule has 1 heterocycles. The maximum absolute atomic E-state index is 12.9. The number of carbonyl (C=O) groups excluding carboxylic acids is 1. The highest BCUT2D eigenvalue weighted by molar-refractivity contribution is 8.00. The standard InChI is InChI=1S/C25H29N5O2S/c1-17(2)25(5,16-26)27-23(31)19(4)33-24-29-28-22(30(24)20-12-7-6-8-13-20)15-32-21-14-10-9-11-18(21)3/h6-14,17,19H,15H2,1-5H3,(H,27,31). The van der Waals surface area contributed by atoms with E-state index in [0.717, 1.165) is 17.0 Å². The van der Waals surface area contributed by atoms with Crippen LogP contribution in [0.3, 0.4) is 0 Å². The number of hydrogen-bond acceptors (Lipinski definition) is 6. The number of aromatic nitrogens is 3. The molecular formula is C25H29N5O2S. The maximum atomic E-state index is 12.9. The van der Waals surface area contributed by atoms with E-state index in [1.54, 1.807) is 13.8 Å². The molecule has 8 heteroatoms. The molecule has 0 spiro atoms. The summed E-state index contributed by atoms with van der Waals surface area (Å²) in [5, 5.41) is 21.2. The number of hydrogen-bond donors (Lipinski definition) is 1. The minimum absolute atomic E-state index is 0.0261. The van der Waals surface area contributed by atoms with Gasteiger partial charge in [0.1, 0.15) is 17.9 Å². The minimum atomic E-state index is -0.939. The SMILES string of the molecule is Cc1ccccc1OCc1nnc(SC(C)C(=O)NC(C)(C#N)C(C)C)n1-c1ccccc1. The fraction of sp³-hybridized carbons (Fsp3) is 0.360. The van der Waals surface area contributed by atoms with E-state index in [2.05, 4.69) is 21.6 Å². The van der Waals surface area contributed by atoms with Crippen LogP contribution in [0.2, 0.25) is 0 Å². The largest absolute Gasteiger partial charge is 0.485 e. The zero-order valence-electron chi connectivity index (χ0n) is 19.6. The normalized spacial score (nSPS) is 13.7. The number of ether oxygens (including phenoxy) is 1. The van der Waals surface area contributed by atoms with Crippen LogP contribution in [0.25, 0.3) is 5.69 Å². The van der Waals surface area contributed by atoms with Gasteiger partial charge < -0.3 is 10.1 Å². The summed E-state index contributed by atoms with van der Waals surface area (Å²) < 4.78 is 7.91. The molecule has 2 unspecified atom stereocenters. The van der Waals surface area contributed by atoms with E-state index in [1.807, 2.05) is 79.9 Å². The first-order valence-electron chi connectivity index (χ1n) is 10.8. The van der Waals surface area contributed by atoms with Crippen LogP contribution in [0, 0.1) is 24.2 Å². The molecule has 0 radical (unpaired) electrons. The van der Waals surface area contributed by atoms with Crippen molar-refractivity contribution in [2.45, 2.75) is 57.2 Å². The zero-order valence-corrected chi connectivity index (χ0v) is 20.4. The molecule has 0 aliphatic carbocycles. The third-order valence-corrected chi connectivity index (χ3v) is 6.63. The van der Waals surface area contributed by atoms with Gasteiger partial charge in [0.15, 0.2) is 11.0 Å². The summed E-state index contributed by atoms with van der Waals surface area (Å²) in [4.78, 5) is 12.9. The number of rotatable bonds is 9. The number of thioether (sulfide) groups is 1. The van der Waals surface area contributed by atoms with Crippen LogP contribution in [0.4, 0.5) is 0 Å². The first-order valence-corrected chi connectivity index (χ1v) is 11.7. The molecule has 0 bridgehead atoms. The van der Waals surface area contributed by atoms with Crippen molar-refractivity contribution < 1.29 is 9.53 Å². The summed E-state index contributed by atoms with van der Waals surface area (Å²) in [6.45, 7) is 9.58. The minimum Gasteiger partial charge on any atom is -0.485 e. The van der Waals surface area contributed by atoms with Crippen molar-refractivity contribution in [3.8, 4) is 17.5 Å². The average Bonchev–Trinajstić information content (AvgIpc) is 3.21. The summed E-state index contributed by atoms with van der Waals surface area (Å²) in [5.41, 5.74) is 0.977. The number of carbonyl (C=O) groups is 1. The van der Waals surface area contributed by atoms with E-state index >= 15 is 0 Å². The van der Waals surface area contributed by atoms with Crippen molar-refractivity contribution in [3.05, 3.63) is 66.0 Å². The summed E-state index contributed by atoms with van der Waals surface area (Å²) in [5.74, 6) is 1.16. The van der Waals surface area contributed by atoms with Gasteiger partial charge in [-0.2, -0.15) is 5.26 Å². The van der Waals surface area contributed by atoms with Crippen molar-refractivity contribution in [3.63, 3.8) is 0 Å². The van der Waals surface area contributed by atoms with Gasteiger partial charge in [0, 0.05) is 5.69 Å². The predicted molar refractivity (Wildman–Crippen MR) is 129 cm³/mol. The third kappa shape index (κ3) is 5.74. The number of nitrogens with zero attached hydrogens (tertiary/aromatic N) is 4. The van der Waals surface area contributed by atoms with Crippen LogP contribution in [0.1, 0.15) is 39.1 Å². The predicted octanol–water partition coefficient (Wildman–Crippen LogP) is 4.69. The van der Waals surface area contributed by atoms with Crippen molar-refractivity contribution in [1.29, 1.82) is 5.26 Å². The Morgan fingerprint density at radius 2 is 1.82 bits per heavy atom. The van der Waals surface area contributed by atoms with Crippen LogP contribution >= 0.6 is 11.8 Å². The van der Waals surface area contributed by atoms with E-state index in [-0.39, 0.29) is 18.4 Å². The second-order valence-corrected chi connectivity index (χ2v) is 9.65. The second kappa shape index (κ2) is 10.5. The van der Waals surface area contributed by atoms with E-state index < -0.39 is 10.8 Å². The lowest BCUT2D eigenvalue weighted by atomic mass is 9.90. The molecule has 0 aliphatic rings. The van der Waals surface area contributed by atoms with Gasteiger partial charge in [-0.15, -0.1) is 10.2 Å². The summed E-state index contributed by atoms with van der Waals surface area (Å²) in [7, 11) is 0. The topological polar surface area (TPSA) is 92.8 Å². The van der Waals surface area contributed by atoms with Gasteiger partial charge in [0.05, 0.1) is 11.3 Å². The van der Waals surface area contributed by atoms with Gasteiger partial charge in [0.2, 0.25) is 5.91 Å². The van der Waals surface area contributed by atoms with Gasteiger partial charge >= 0.3 is 0 Å². The molecule has 0 saturated heterocycles. The van der Waals surface area contributed by atoms with Gasteiger partial charge in [0.25, 0.3) is 0 Å². The maximum Gasteiger partial charge on any atom is 0.234 e. The highest BCUT2D eigenvalue weighted by Crippen LogP contribution is 2.28. The van der Waals surface area contributed by atoms with Gasteiger partial charge in [-0.05, 0) is 50.5 Å². The Hall–Kier alpha value is -3.31. The molecule has 172 valence electrons. The molecule has 0 saturated carbocycles. The number of aryl methyl sites for hydroxylation is 1. The first kappa shape index (κ1) is 24.3. The molecule has 2 atom stereocenters. The van der Waals surface area contributed by atoms with Crippen LogP contribution < -0.4 is 10.1 Å². The summed E-state index contributed by atoms with van der Waals surface area (Å²) >= 11 is 1.29. The Kier molecular flexibility index (Phi) is 7.77. The van der Waals surface area contributed by atoms with Crippen LogP contribution in [0.5, 0.6) is 5.75 Å². The van der Waals surface area contributed by atoms with Crippen molar-refractivity contribution in [1.82, 2.24) is 20.1 Å². The van der Waals surface area contributed by atoms with Crippen molar-refractivity contribution >= 4 is 17.7 Å². The fourth-order valence-electron chi connectivity index (χ4n) is 3.04. The van der Waals surface area contributed by atoms with Gasteiger partial charge in [-0.3, -0.25) is 9.36 Å². The molecule has 0 fully saturated rings. The van der Waals surface area contributed by atoms with E-state index in [0.29, 0.717) is 11.0 Å². The zero-order chi connectivity index (χ0) is 24.0. The van der Waals surface area contributed by atoms with E-state index in [4.69, 9.17) is 4.74 Å². The Balaban J connectivity index is 1.84. The van der Waals surface area contributed by atoms with Crippen LogP contribution in [-0.4, -0.2) is 31.5 Å². The highest BCUT2D eigenvalue weighted by atomic mass is 32.2.